The van der Waals surface area contributed by atoms with E-state index in [0.717, 1.165) is 19.3 Å². The summed E-state index contributed by atoms with van der Waals surface area (Å²) in [6, 6.07) is 4.35. The van der Waals surface area contributed by atoms with Gasteiger partial charge in [0.15, 0.2) is 0 Å². The molecule has 3 rings (SSSR count). The largest absolute Gasteiger partial charge is 0.326 e. The zero-order valence-corrected chi connectivity index (χ0v) is 11.6. The van der Waals surface area contributed by atoms with E-state index in [1.165, 1.54) is 18.6 Å². The van der Waals surface area contributed by atoms with Crippen LogP contribution in [-0.4, -0.2) is 10.8 Å². The third-order valence-electron chi connectivity index (χ3n) is 4.49. The Balaban J connectivity index is 1.73. The summed E-state index contributed by atoms with van der Waals surface area (Å²) in [6.45, 7) is 0. The first kappa shape index (κ1) is 13.4. The summed E-state index contributed by atoms with van der Waals surface area (Å²) in [6.07, 6.45) is 4.47. The minimum atomic E-state index is -0.546. The van der Waals surface area contributed by atoms with E-state index in [4.69, 9.17) is 11.6 Å². The van der Waals surface area contributed by atoms with Gasteiger partial charge in [-0.1, -0.05) is 18.0 Å². The minimum absolute atomic E-state index is 0.0196. The highest BCUT2D eigenvalue weighted by atomic mass is 35.5. The Hall–Kier alpha value is -1.62. The van der Waals surface area contributed by atoms with Gasteiger partial charge < -0.3 is 5.32 Å². The maximum Gasteiger partial charge on any atom is 0.289 e. The molecule has 3 atom stereocenters. The highest BCUT2D eigenvalue weighted by Crippen LogP contribution is 2.48. The zero-order chi connectivity index (χ0) is 14.3. The van der Waals surface area contributed by atoms with Gasteiger partial charge in [-0.3, -0.25) is 14.9 Å². The van der Waals surface area contributed by atoms with Gasteiger partial charge in [0.05, 0.1) is 4.92 Å². The molecule has 2 fully saturated rings. The summed E-state index contributed by atoms with van der Waals surface area (Å²) in [5, 5.41) is 13.7. The van der Waals surface area contributed by atoms with Crippen LogP contribution in [0.5, 0.6) is 0 Å². The third-order valence-corrected chi connectivity index (χ3v) is 4.80. The van der Waals surface area contributed by atoms with Crippen LogP contribution >= 0.6 is 11.6 Å². The molecule has 0 aromatic heterocycles. The molecule has 0 spiro atoms. The van der Waals surface area contributed by atoms with Crippen molar-refractivity contribution in [1.82, 2.24) is 0 Å². The highest BCUT2D eigenvalue weighted by molar-refractivity contribution is 6.32. The first-order valence-corrected chi connectivity index (χ1v) is 7.17. The maximum absolute atomic E-state index is 12.3. The molecular weight excluding hydrogens is 280 g/mol. The quantitative estimate of drug-likeness (QED) is 0.683. The standard InChI is InChI=1S/C14H15ClN2O3/c15-12-4-3-10(7-13(12)17(19)20)16-14(18)11-6-8-1-2-9(11)5-8/h3-4,7-9,11H,1-2,5-6H2,(H,16,18)/t8-,9-,11+/m1/s1. The van der Waals surface area contributed by atoms with Gasteiger partial charge in [-0.25, -0.2) is 0 Å². The topological polar surface area (TPSA) is 72.2 Å². The molecule has 1 amide bonds. The summed E-state index contributed by atoms with van der Waals surface area (Å²) >= 11 is 5.75. The number of rotatable bonds is 3. The van der Waals surface area contributed by atoms with E-state index in [0.29, 0.717) is 17.5 Å². The van der Waals surface area contributed by atoms with Gasteiger partial charge in [-0.05, 0) is 43.2 Å². The Morgan fingerprint density at radius 2 is 2.15 bits per heavy atom. The van der Waals surface area contributed by atoms with Gasteiger partial charge >= 0.3 is 0 Å². The monoisotopic (exact) mass is 294 g/mol. The lowest BCUT2D eigenvalue weighted by Gasteiger charge is -2.20. The van der Waals surface area contributed by atoms with E-state index in [9.17, 15) is 14.9 Å². The normalized spacial score (nSPS) is 27.6. The van der Waals surface area contributed by atoms with Crippen LogP contribution in [0.25, 0.3) is 0 Å². The molecule has 0 unspecified atom stereocenters. The summed E-state index contributed by atoms with van der Waals surface area (Å²) in [5.74, 6) is 1.22. The summed E-state index contributed by atoms with van der Waals surface area (Å²) < 4.78 is 0. The van der Waals surface area contributed by atoms with E-state index in [-0.39, 0.29) is 22.5 Å². The molecule has 0 aliphatic heterocycles. The van der Waals surface area contributed by atoms with Crippen LogP contribution in [0.3, 0.4) is 0 Å². The molecule has 1 aromatic rings. The zero-order valence-electron chi connectivity index (χ0n) is 10.8. The lowest BCUT2D eigenvalue weighted by atomic mass is 9.88. The molecule has 0 radical (unpaired) electrons. The number of nitrogens with one attached hydrogen (secondary N) is 1. The Bertz CT molecular complexity index is 576. The van der Waals surface area contributed by atoms with Crippen molar-refractivity contribution in [3.05, 3.63) is 33.3 Å². The van der Waals surface area contributed by atoms with Crippen molar-refractivity contribution in [1.29, 1.82) is 0 Å². The Morgan fingerprint density at radius 3 is 2.75 bits per heavy atom. The summed E-state index contributed by atoms with van der Waals surface area (Å²) in [4.78, 5) is 22.5. The molecule has 6 heteroatoms. The number of nitro groups is 1. The van der Waals surface area contributed by atoms with Gasteiger partial charge in [0, 0.05) is 17.7 Å². The average Bonchev–Trinajstić information content (AvgIpc) is 3.03. The number of hydrogen-bond acceptors (Lipinski definition) is 3. The van der Waals surface area contributed by atoms with Crippen LogP contribution in [0.4, 0.5) is 11.4 Å². The summed E-state index contributed by atoms with van der Waals surface area (Å²) in [7, 11) is 0. The van der Waals surface area contributed by atoms with Crippen LogP contribution in [0.2, 0.25) is 5.02 Å². The van der Waals surface area contributed by atoms with Gasteiger partial charge in [-0.15, -0.1) is 0 Å². The number of carbonyl (C=O) groups is 1. The number of nitro benzene ring substituents is 1. The average molecular weight is 295 g/mol. The van der Waals surface area contributed by atoms with Crippen LogP contribution < -0.4 is 5.32 Å². The molecule has 1 N–H and O–H groups in total. The fraction of sp³-hybridized carbons (Fsp3) is 0.500. The van der Waals surface area contributed by atoms with E-state index in [1.54, 1.807) is 6.07 Å². The fourth-order valence-electron chi connectivity index (χ4n) is 3.53. The van der Waals surface area contributed by atoms with Crippen molar-refractivity contribution in [2.45, 2.75) is 25.7 Å². The number of nitrogens with zero attached hydrogens (tertiary/aromatic N) is 1. The molecular formula is C14H15ClN2O3. The molecule has 1 aromatic carbocycles. The molecule has 106 valence electrons. The highest BCUT2D eigenvalue weighted by Gasteiger charge is 2.43. The predicted molar refractivity (Wildman–Crippen MR) is 75.7 cm³/mol. The van der Waals surface area contributed by atoms with Crippen LogP contribution in [0, 0.1) is 27.9 Å². The number of benzene rings is 1. The van der Waals surface area contributed by atoms with E-state index in [1.807, 2.05) is 0 Å². The molecule has 2 aliphatic carbocycles. The number of fused-ring (bicyclic) bond motifs is 2. The second-order valence-electron chi connectivity index (χ2n) is 5.69. The van der Waals surface area contributed by atoms with Gasteiger partial charge in [0.25, 0.3) is 5.69 Å². The van der Waals surface area contributed by atoms with Crippen molar-refractivity contribution in [3.8, 4) is 0 Å². The van der Waals surface area contributed by atoms with Gasteiger partial charge in [-0.2, -0.15) is 0 Å². The Labute approximate surface area is 121 Å². The Kier molecular flexibility index (Phi) is 3.38. The SMILES string of the molecule is O=C(Nc1ccc(Cl)c([N+](=O)[O-])c1)[C@H]1C[C@@H]2CC[C@@H]1C2. The number of amides is 1. The predicted octanol–water partition coefficient (Wildman–Crippen LogP) is 3.62. The third kappa shape index (κ3) is 2.38. The first-order valence-electron chi connectivity index (χ1n) is 6.79. The number of halogens is 1. The van der Waals surface area contributed by atoms with Gasteiger partial charge in [0.2, 0.25) is 5.91 Å². The van der Waals surface area contributed by atoms with Gasteiger partial charge in [0.1, 0.15) is 5.02 Å². The van der Waals surface area contributed by atoms with E-state index < -0.39 is 4.92 Å². The number of carbonyl (C=O) groups excluding carboxylic acids is 1. The molecule has 0 saturated heterocycles. The summed E-state index contributed by atoms with van der Waals surface area (Å²) in [5.41, 5.74) is 0.256. The molecule has 2 saturated carbocycles. The van der Waals surface area contributed by atoms with Crippen LogP contribution in [0.1, 0.15) is 25.7 Å². The maximum atomic E-state index is 12.3. The molecule has 2 aliphatic rings. The smallest absolute Gasteiger partial charge is 0.289 e. The van der Waals surface area contributed by atoms with Crippen molar-refractivity contribution in [2.24, 2.45) is 17.8 Å². The minimum Gasteiger partial charge on any atom is -0.326 e. The van der Waals surface area contributed by atoms with Crippen molar-refractivity contribution in [2.75, 3.05) is 5.32 Å². The van der Waals surface area contributed by atoms with Crippen molar-refractivity contribution < 1.29 is 9.72 Å². The van der Waals surface area contributed by atoms with E-state index in [2.05, 4.69) is 5.32 Å². The second kappa shape index (κ2) is 5.05. The molecule has 20 heavy (non-hydrogen) atoms. The molecule has 5 nitrogen and oxygen atoms in total. The second-order valence-corrected chi connectivity index (χ2v) is 6.10. The van der Waals surface area contributed by atoms with Crippen molar-refractivity contribution >= 4 is 28.9 Å². The van der Waals surface area contributed by atoms with Crippen molar-refractivity contribution in [3.63, 3.8) is 0 Å². The molecule has 2 bridgehead atoms. The fourth-order valence-corrected chi connectivity index (χ4v) is 3.72. The van der Waals surface area contributed by atoms with E-state index >= 15 is 0 Å². The first-order chi connectivity index (χ1) is 9.54. The number of anilines is 1. The lowest BCUT2D eigenvalue weighted by Crippen LogP contribution is -2.27. The van der Waals surface area contributed by atoms with Crippen LogP contribution in [0.15, 0.2) is 18.2 Å². The Morgan fingerprint density at radius 1 is 1.35 bits per heavy atom. The molecule has 0 heterocycles. The van der Waals surface area contributed by atoms with Crippen LogP contribution in [-0.2, 0) is 4.79 Å². The lowest BCUT2D eigenvalue weighted by molar-refractivity contribution is -0.384. The number of hydrogen-bond donors (Lipinski definition) is 1.